The van der Waals surface area contributed by atoms with E-state index in [0.29, 0.717) is 24.6 Å². The molecule has 1 heterocycles. The third kappa shape index (κ3) is 3.49. The van der Waals surface area contributed by atoms with Crippen LogP contribution in [0.4, 0.5) is 13.2 Å². The van der Waals surface area contributed by atoms with Crippen molar-refractivity contribution in [1.82, 2.24) is 10.2 Å². The van der Waals surface area contributed by atoms with Gasteiger partial charge in [-0.15, -0.1) is 10.2 Å². The fourth-order valence-electron chi connectivity index (χ4n) is 2.42. The van der Waals surface area contributed by atoms with Crippen LogP contribution in [0.1, 0.15) is 61.6 Å². The Morgan fingerprint density at radius 1 is 1.37 bits per heavy atom. The summed E-state index contributed by atoms with van der Waals surface area (Å²) in [5.41, 5.74) is 0. The molecule has 0 radical (unpaired) electrons. The van der Waals surface area contributed by atoms with E-state index in [-0.39, 0.29) is 23.6 Å². The first-order valence-corrected chi connectivity index (χ1v) is 7.37. The molecule has 0 amide bonds. The topological polar surface area (TPSA) is 38.9 Å². The highest BCUT2D eigenvalue weighted by Gasteiger charge is 2.43. The molecule has 3 nitrogen and oxygen atoms in total. The van der Waals surface area contributed by atoms with Crippen LogP contribution in [0.5, 0.6) is 0 Å². The van der Waals surface area contributed by atoms with E-state index in [0.717, 1.165) is 6.42 Å². The van der Waals surface area contributed by atoms with E-state index >= 15 is 0 Å². The molecule has 3 atom stereocenters. The van der Waals surface area contributed by atoms with Gasteiger partial charge in [-0.1, -0.05) is 29.3 Å². The molecule has 1 aliphatic carbocycles. The second kappa shape index (κ2) is 5.81. The van der Waals surface area contributed by atoms with E-state index in [1.165, 1.54) is 0 Å². The van der Waals surface area contributed by atoms with Crippen molar-refractivity contribution in [3.63, 3.8) is 0 Å². The molecule has 108 valence electrons. The van der Waals surface area contributed by atoms with Crippen molar-refractivity contribution in [1.29, 1.82) is 0 Å². The van der Waals surface area contributed by atoms with Gasteiger partial charge >= 0.3 is 6.18 Å². The van der Waals surface area contributed by atoms with Gasteiger partial charge in [0.25, 0.3) is 0 Å². The number of halogens is 4. The summed E-state index contributed by atoms with van der Waals surface area (Å²) in [5.74, 6) is -0.709. The van der Waals surface area contributed by atoms with Gasteiger partial charge in [-0.2, -0.15) is 13.2 Å². The van der Waals surface area contributed by atoms with Crippen LogP contribution in [0.3, 0.4) is 0 Å². The van der Waals surface area contributed by atoms with E-state index in [4.69, 9.17) is 4.42 Å². The van der Waals surface area contributed by atoms with E-state index in [1.54, 1.807) is 0 Å². The summed E-state index contributed by atoms with van der Waals surface area (Å²) in [6.45, 7) is 1.96. The summed E-state index contributed by atoms with van der Waals surface area (Å²) in [7, 11) is 0. The van der Waals surface area contributed by atoms with Crippen molar-refractivity contribution in [3.05, 3.63) is 11.8 Å². The Kier molecular flexibility index (Phi) is 4.53. The van der Waals surface area contributed by atoms with E-state index in [2.05, 4.69) is 26.1 Å². The van der Waals surface area contributed by atoms with Gasteiger partial charge in [-0.05, 0) is 25.7 Å². The van der Waals surface area contributed by atoms with E-state index < -0.39 is 12.1 Å². The highest BCUT2D eigenvalue weighted by atomic mass is 79.9. The van der Waals surface area contributed by atoms with Crippen molar-refractivity contribution >= 4 is 15.9 Å². The molecule has 0 bridgehead atoms. The molecule has 0 aliphatic heterocycles. The number of hydrogen-bond acceptors (Lipinski definition) is 3. The molecule has 1 aromatic rings. The quantitative estimate of drug-likeness (QED) is 0.745. The van der Waals surface area contributed by atoms with Crippen LogP contribution in [0, 0.1) is 5.92 Å². The van der Waals surface area contributed by atoms with Crippen molar-refractivity contribution in [3.8, 4) is 0 Å². The van der Waals surface area contributed by atoms with Crippen LogP contribution < -0.4 is 0 Å². The van der Waals surface area contributed by atoms with Crippen LogP contribution in [0.2, 0.25) is 0 Å². The molecule has 1 aromatic heterocycles. The van der Waals surface area contributed by atoms with Gasteiger partial charge in [0, 0.05) is 5.92 Å². The second-order valence-electron chi connectivity index (χ2n) is 4.96. The normalized spacial score (nSPS) is 26.4. The van der Waals surface area contributed by atoms with Crippen LogP contribution in [0.25, 0.3) is 0 Å². The Morgan fingerprint density at radius 2 is 2.11 bits per heavy atom. The van der Waals surface area contributed by atoms with Crippen molar-refractivity contribution in [2.45, 2.75) is 55.9 Å². The molecule has 0 saturated heterocycles. The van der Waals surface area contributed by atoms with Crippen molar-refractivity contribution < 1.29 is 17.6 Å². The lowest BCUT2D eigenvalue weighted by Crippen LogP contribution is -2.28. The number of rotatable bonds is 3. The summed E-state index contributed by atoms with van der Waals surface area (Å²) in [6.07, 6.45) is -1.83. The summed E-state index contributed by atoms with van der Waals surface area (Å²) in [4.78, 5) is -0.0317. The van der Waals surface area contributed by atoms with Gasteiger partial charge in [-0.25, -0.2) is 0 Å². The Morgan fingerprint density at radius 3 is 2.74 bits per heavy atom. The van der Waals surface area contributed by atoms with E-state index in [1.807, 2.05) is 6.92 Å². The maximum Gasteiger partial charge on any atom is 0.391 e. The molecule has 1 aliphatic rings. The lowest BCUT2D eigenvalue weighted by molar-refractivity contribution is -0.183. The Bertz CT molecular complexity index is 421. The van der Waals surface area contributed by atoms with Gasteiger partial charge in [0.2, 0.25) is 11.8 Å². The second-order valence-corrected chi connectivity index (χ2v) is 6.06. The molecule has 1 fully saturated rings. The molecular weight excluding hydrogens is 325 g/mol. The van der Waals surface area contributed by atoms with Gasteiger partial charge in [0.05, 0.1) is 10.7 Å². The van der Waals surface area contributed by atoms with Crippen LogP contribution in [-0.2, 0) is 0 Å². The van der Waals surface area contributed by atoms with Crippen molar-refractivity contribution in [2.24, 2.45) is 5.92 Å². The molecular formula is C12H16BrF3N2O. The van der Waals surface area contributed by atoms with Gasteiger partial charge in [0.15, 0.2) is 0 Å². The monoisotopic (exact) mass is 340 g/mol. The summed E-state index contributed by atoms with van der Waals surface area (Å²) >= 11 is 3.39. The van der Waals surface area contributed by atoms with Crippen LogP contribution in [0.15, 0.2) is 4.42 Å². The first-order chi connectivity index (χ1) is 8.91. The SMILES string of the molecule is CCC(Br)c1nnc(C2CCCC(C(F)(F)F)C2)o1. The Labute approximate surface area is 118 Å². The third-order valence-electron chi connectivity index (χ3n) is 3.57. The van der Waals surface area contributed by atoms with Crippen molar-refractivity contribution in [2.75, 3.05) is 0 Å². The highest BCUT2D eigenvalue weighted by molar-refractivity contribution is 9.09. The Balaban J connectivity index is 2.07. The van der Waals surface area contributed by atoms with Gasteiger partial charge in [0.1, 0.15) is 0 Å². The minimum atomic E-state index is -4.12. The highest BCUT2D eigenvalue weighted by Crippen LogP contribution is 2.43. The molecule has 1 saturated carbocycles. The molecule has 0 aromatic carbocycles. The van der Waals surface area contributed by atoms with Crippen LogP contribution in [-0.4, -0.2) is 16.4 Å². The fraction of sp³-hybridized carbons (Fsp3) is 0.833. The predicted octanol–water partition coefficient (Wildman–Crippen LogP) is 4.75. The molecule has 0 spiro atoms. The third-order valence-corrected chi connectivity index (χ3v) is 4.61. The zero-order valence-electron chi connectivity index (χ0n) is 10.6. The zero-order valence-corrected chi connectivity index (χ0v) is 12.2. The largest absolute Gasteiger partial charge is 0.424 e. The number of alkyl halides is 4. The molecule has 3 unspecified atom stereocenters. The molecule has 19 heavy (non-hydrogen) atoms. The number of nitrogens with zero attached hydrogens (tertiary/aromatic N) is 2. The van der Waals surface area contributed by atoms with Gasteiger partial charge < -0.3 is 4.42 Å². The molecule has 7 heteroatoms. The number of hydrogen-bond donors (Lipinski definition) is 0. The minimum absolute atomic E-state index is 0.0317. The number of aromatic nitrogens is 2. The van der Waals surface area contributed by atoms with E-state index in [9.17, 15) is 13.2 Å². The summed E-state index contributed by atoms with van der Waals surface area (Å²) < 4.78 is 43.7. The standard InChI is InChI=1S/C12H16BrF3N2O/c1-2-9(13)11-18-17-10(19-11)7-4-3-5-8(6-7)12(14,15)16/h7-9H,2-6H2,1H3. The van der Waals surface area contributed by atoms with Crippen LogP contribution >= 0.6 is 15.9 Å². The summed E-state index contributed by atoms with van der Waals surface area (Å²) in [5, 5.41) is 7.82. The van der Waals surface area contributed by atoms with Gasteiger partial charge in [-0.3, -0.25) is 0 Å². The summed E-state index contributed by atoms with van der Waals surface area (Å²) in [6, 6.07) is 0. The lowest BCUT2D eigenvalue weighted by atomic mass is 9.81. The maximum atomic E-state index is 12.7. The first-order valence-electron chi connectivity index (χ1n) is 6.46. The average Bonchev–Trinajstić information content (AvgIpc) is 2.86. The molecule has 2 rings (SSSR count). The zero-order chi connectivity index (χ0) is 14.0. The smallest absolute Gasteiger partial charge is 0.391 e. The minimum Gasteiger partial charge on any atom is -0.424 e. The lowest BCUT2D eigenvalue weighted by Gasteiger charge is -2.28. The fourth-order valence-corrected chi connectivity index (χ4v) is 2.61. The first kappa shape index (κ1) is 14.8. The Hall–Kier alpha value is -0.590. The maximum absolute atomic E-state index is 12.7. The average molecular weight is 341 g/mol. The predicted molar refractivity (Wildman–Crippen MR) is 67.0 cm³/mol. The molecule has 0 N–H and O–H groups in total.